The van der Waals surface area contributed by atoms with Crippen LogP contribution in [0.5, 0.6) is 11.5 Å². The third kappa shape index (κ3) is 4.07. The molecule has 2 aliphatic heterocycles. The van der Waals surface area contributed by atoms with Crippen molar-refractivity contribution < 1.29 is 14.6 Å². The maximum absolute atomic E-state index is 12.9. The van der Waals surface area contributed by atoms with Gasteiger partial charge in [0.1, 0.15) is 17.3 Å². The molecule has 3 aromatic rings. The SMILES string of the molecule is O=C1/C(=C/c2ccc(Cl)cc2)Oc2c1ccc(O)c2CN1CCN(c2ccccn2)CC1. The standard InChI is InChI=1S/C25H22ClN3O3/c26-18-6-4-17(5-7-18)15-22-24(31)19-8-9-21(30)20(25(19)32-22)16-28-11-13-29(14-12-28)23-3-1-2-10-27-23/h1-10,15,30H,11-14,16H2/b22-15-. The zero-order valence-electron chi connectivity index (χ0n) is 17.4. The number of benzene rings is 2. The van der Waals surface area contributed by atoms with Crippen LogP contribution in [0.1, 0.15) is 21.5 Å². The molecule has 0 bridgehead atoms. The van der Waals surface area contributed by atoms with Crippen molar-refractivity contribution in [3.8, 4) is 11.5 Å². The van der Waals surface area contributed by atoms with E-state index in [-0.39, 0.29) is 17.3 Å². The van der Waals surface area contributed by atoms with E-state index < -0.39 is 0 Å². The Bertz CT molecular complexity index is 1170. The van der Waals surface area contributed by atoms with E-state index >= 15 is 0 Å². The summed E-state index contributed by atoms with van der Waals surface area (Å²) in [6.07, 6.45) is 3.50. The Kier molecular flexibility index (Phi) is 5.55. The molecule has 0 amide bonds. The molecule has 2 aliphatic rings. The van der Waals surface area contributed by atoms with Gasteiger partial charge in [-0.15, -0.1) is 0 Å². The number of allylic oxidation sites excluding steroid dienone is 1. The van der Waals surface area contributed by atoms with Crippen molar-refractivity contribution in [2.45, 2.75) is 6.54 Å². The highest BCUT2D eigenvalue weighted by Gasteiger charge is 2.32. The molecule has 1 saturated heterocycles. The van der Waals surface area contributed by atoms with E-state index in [1.54, 1.807) is 36.5 Å². The van der Waals surface area contributed by atoms with Crippen LogP contribution in [0.3, 0.4) is 0 Å². The number of anilines is 1. The summed E-state index contributed by atoms with van der Waals surface area (Å²) in [5.74, 6) is 1.62. The summed E-state index contributed by atoms with van der Waals surface area (Å²) in [6.45, 7) is 3.83. The summed E-state index contributed by atoms with van der Waals surface area (Å²) in [4.78, 5) is 21.8. The number of carbonyl (C=O) groups is 1. The number of phenolic OH excluding ortho intramolecular Hbond substituents is 1. The number of ketones is 1. The third-order valence-electron chi connectivity index (χ3n) is 5.81. The fourth-order valence-corrected chi connectivity index (χ4v) is 4.19. The molecule has 0 atom stereocenters. The molecule has 0 aliphatic carbocycles. The van der Waals surface area contributed by atoms with Crippen LogP contribution < -0.4 is 9.64 Å². The number of rotatable bonds is 4. The van der Waals surface area contributed by atoms with Crippen LogP contribution in [0.2, 0.25) is 5.02 Å². The lowest BCUT2D eigenvalue weighted by molar-refractivity contribution is 0.101. The number of aromatic nitrogens is 1. The van der Waals surface area contributed by atoms with Crippen LogP contribution in [-0.2, 0) is 6.54 Å². The predicted octanol–water partition coefficient (Wildman–Crippen LogP) is 4.38. The minimum atomic E-state index is -0.184. The minimum absolute atomic E-state index is 0.136. The number of phenols is 1. The largest absolute Gasteiger partial charge is 0.507 e. The Hall–Kier alpha value is -3.35. The number of ether oxygens (including phenoxy) is 1. The molecule has 1 aromatic heterocycles. The zero-order valence-corrected chi connectivity index (χ0v) is 18.1. The van der Waals surface area contributed by atoms with Crippen molar-refractivity contribution >= 4 is 29.3 Å². The van der Waals surface area contributed by atoms with Gasteiger partial charge in [0.15, 0.2) is 5.76 Å². The first-order valence-electron chi connectivity index (χ1n) is 10.5. The highest BCUT2D eigenvalue weighted by atomic mass is 35.5. The summed E-state index contributed by atoms with van der Waals surface area (Å²) in [7, 11) is 0. The van der Waals surface area contributed by atoms with E-state index in [1.807, 2.05) is 30.3 Å². The molecule has 0 spiro atoms. The van der Waals surface area contributed by atoms with Crippen LogP contribution >= 0.6 is 11.6 Å². The summed E-state index contributed by atoms with van der Waals surface area (Å²) in [6, 6.07) is 16.3. The Morgan fingerprint density at radius 1 is 1.03 bits per heavy atom. The molecular formula is C25H22ClN3O3. The molecule has 3 heterocycles. The minimum Gasteiger partial charge on any atom is -0.507 e. The molecular weight excluding hydrogens is 426 g/mol. The second kappa shape index (κ2) is 8.65. The number of carbonyl (C=O) groups excluding carboxylic acids is 1. The highest BCUT2D eigenvalue weighted by molar-refractivity contribution is 6.30. The third-order valence-corrected chi connectivity index (χ3v) is 6.06. The Labute approximate surface area is 191 Å². The second-order valence-electron chi connectivity index (χ2n) is 7.88. The zero-order chi connectivity index (χ0) is 22.1. The van der Waals surface area contributed by atoms with E-state index in [0.29, 0.717) is 28.4 Å². The topological polar surface area (TPSA) is 65.9 Å². The fraction of sp³-hybridized carbons (Fsp3) is 0.200. The van der Waals surface area contributed by atoms with Crippen LogP contribution in [0.4, 0.5) is 5.82 Å². The fourth-order valence-electron chi connectivity index (χ4n) is 4.06. The van der Waals surface area contributed by atoms with Gasteiger partial charge < -0.3 is 14.7 Å². The van der Waals surface area contributed by atoms with E-state index in [2.05, 4.69) is 14.8 Å². The summed E-state index contributed by atoms with van der Waals surface area (Å²) in [5, 5.41) is 11.2. The van der Waals surface area contributed by atoms with Gasteiger partial charge in [0.25, 0.3) is 0 Å². The first-order valence-corrected chi connectivity index (χ1v) is 10.9. The first kappa shape index (κ1) is 20.5. The van der Waals surface area contributed by atoms with Crippen LogP contribution in [0, 0.1) is 0 Å². The maximum Gasteiger partial charge on any atom is 0.231 e. The van der Waals surface area contributed by atoms with Gasteiger partial charge in [-0.25, -0.2) is 4.98 Å². The van der Waals surface area contributed by atoms with Crippen LogP contribution in [-0.4, -0.2) is 47.0 Å². The molecule has 0 radical (unpaired) electrons. The number of fused-ring (bicyclic) bond motifs is 1. The number of piperazine rings is 1. The average Bonchev–Trinajstić information content (AvgIpc) is 3.13. The molecule has 1 fully saturated rings. The molecule has 2 aromatic carbocycles. The number of hydrogen-bond acceptors (Lipinski definition) is 6. The average molecular weight is 448 g/mol. The molecule has 0 unspecified atom stereocenters. The maximum atomic E-state index is 12.9. The molecule has 162 valence electrons. The van der Waals surface area contributed by atoms with Crippen molar-refractivity contribution in [1.29, 1.82) is 0 Å². The lowest BCUT2D eigenvalue weighted by Gasteiger charge is -2.35. The number of hydrogen-bond donors (Lipinski definition) is 1. The monoisotopic (exact) mass is 447 g/mol. The molecule has 5 rings (SSSR count). The Balaban J connectivity index is 1.33. The van der Waals surface area contributed by atoms with Gasteiger partial charge in [-0.2, -0.15) is 0 Å². The van der Waals surface area contributed by atoms with E-state index in [9.17, 15) is 9.90 Å². The van der Waals surface area contributed by atoms with Gasteiger partial charge in [-0.3, -0.25) is 9.69 Å². The van der Waals surface area contributed by atoms with Crippen molar-refractivity contribution in [3.05, 3.63) is 88.3 Å². The highest BCUT2D eigenvalue weighted by Crippen LogP contribution is 2.40. The number of Topliss-reactive ketones (excluding diaryl/α,β-unsaturated/α-hetero) is 1. The number of aromatic hydroxyl groups is 1. The molecule has 0 saturated carbocycles. The second-order valence-corrected chi connectivity index (χ2v) is 8.32. The van der Waals surface area contributed by atoms with E-state index in [4.69, 9.17) is 16.3 Å². The molecule has 1 N–H and O–H groups in total. The summed E-state index contributed by atoms with van der Waals surface area (Å²) >= 11 is 5.95. The molecule has 32 heavy (non-hydrogen) atoms. The lowest BCUT2D eigenvalue weighted by atomic mass is 10.0. The molecule has 7 heteroatoms. The number of pyridine rings is 1. The normalized spacial score (nSPS) is 17.5. The van der Waals surface area contributed by atoms with Crippen LogP contribution in [0.15, 0.2) is 66.6 Å². The smallest absolute Gasteiger partial charge is 0.231 e. The van der Waals surface area contributed by atoms with E-state index in [1.165, 1.54) is 0 Å². The number of halogens is 1. The lowest BCUT2D eigenvalue weighted by Crippen LogP contribution is -2.46. The van der Waals surface area contributed by atoms with Crippen molar-refractivity contribution in [1.82, 2.24) is 9.88 Å². The quantitative estimate of drug-likeness (QED) is 0.599. The van der Waals surface area contributed by atoms with Gasteiger partial charge >= 0.3 is 0 Å². The predicted molar refractivity (Wildman–Crippen MR) is 124 cm³/mol. The molecule has 6 nitrogen and oxygen atoms in total. The van der Waals surface area contributed by atoms with E-state index in [0.717, 1.165) is 37.6 Å². The number of nitrogens with zero attached hydrogens (tertiary/aromatic N) is 3. The van der Waals surface area contributed by atoms with Crippen molar-refractivity contribution in [3.63, 3.8) is 0 Å². The van der Waals surface area contributed by atoms with Crippen molar-refractivity contribution in [2.24, 2.45) is 0 Å². The van der Waals surface area contributed by atoms with Gasteiger partial charge in [0, 0.05) is 43.9 Å². The first-order chi connectivity index (χ1) is 15.6. The Morgan fingerprint density at radius 3 is 2.53 bits per heavy atom. The van der Waals surface area contributed by atoms with Crippen LogP contribution in [0.25, 0.3) is 6.08 Å². The van der Waals surface area contributed by atoms with Gasteiger partial charge in [0.05, 0.1) is 11.1 Å². The Morgan fingerprint density at radius 2 is 1.81 bits per heavy atom. The van der Waals surface area contributed by atoms with Gasteiger partial charge in [-0.1, -0.05) is 29.8 Å². The van der Waals surface area contributed by atoms with Crippen molar-refractivity contribution in [2.75, 3.05) is 31.1 Å². The summed E-state index contributed by atoms with van der Waals surface area (Å²) in [5.41, 5.74) is 1.94. The van der Waals surface area contributed by atoms with Gasteiger partial charge in [-0.05, 0) is 48.0 Å². The summed E-state index contributed by atoms with van der Waals surface area (Å²) < 4.78 is 5.97. The van der Waals surface area contributed by atoms with Gasteiger partial charge in [0.2, 0.25) is 5.78 Å².